The summed E-state index contributed by atoms with van der Waals surface area (Å²) in [4.78, 5) is 11.8. The van der Waals surface area contributed by atoms with E-state index in [2.05, 4.69) is 17.6 Å². The highest BCUT2D eigenvalue weighted by atomic mass is 16.5. The second-order valence-electron chi connectivity index (χ2n) is 4.81. The van der Waals surface area contributed by atoms with E-state index in [-0.39, 0.29) is 0 Å². The number of hydrogen-bond donors (Lipinski definition) is 0. The van der Waals surface area contributed by atoms with Crippen LogP contribution in [0.25, 0.3) is 0 Å². The molecule has 0 spiro atoms. The second kappa shape index (κ2) is 3.74. The molecule has 0 radical (unpaired) electrons. The summed E-state index contributed by atoms with van der Waals surface area (Å²) in [7, 11) is 0. The molecule has 1 atom stereocenters. The minimum absolute atomic E-state index is 0.321. The zero-order valence-electron chi connectivity index (χ0n) is 9.66. The molecule has 2 heterocycles. The molecule has 1 aliphatic heterocycles. The number of aryl methyl sites for hydroxylation is 1. The van der Waals surface area contributed by atoms with E-state index in [1.165, 1.54) is 11.4 Å². The lowest BCUT2D eigenvalue weighted by Gasteiger charge is -2.20. The molecule has 1 saturated heterocycles. The Morgan fingerprint density at radius 1 is 1.44 bits per heavy atom. The summed E-state index contributed by atoms with van der Waals surface area (Å²) in [6.07, 6.45) is 3.85. The van der Waals surface area contributed by atoms with Gasteiger partial charge in [-0.2, -0.15) is 0 Å². The summed E-state index contributed by atoms with van der Waals surface area (Å²) in [6, 6.07) is 2.52. The van der Waals surface area contributed by atoms with E-state index in [1.807, 2.05) is 0 Å². The van der Waals surface area contributed by atoms with Gasteiger partial charge in [0.1, 0.15) is 0 Å². The lowest BCUT2D eigenvalue weighted by Crippen LogP contribution is -2.17. The highest BCUT2D eigenvalue weighted by Gasteiger charge is 2.27. The maximum Gasteiger partial charge on any atom is 0.164 e. The average Bonchev–Trinajstić information content (AvgIpc) is 2.85. The third kappa shape index (κ3) is 1.42. The van der Waals surface area contributed by atoms with Gasteiger partial charge in [0.25, 0.3) is 0 Å². The largest absolute Gasteiger partial charge is 0.379 e. The first-order chi connectivity index (χ1) is 7.77. The Morgan fingerprint density at radius 2 is 2.31 bits per heavy atom. The number of rotatable bonds is 1. The van der Waals surface area contributed by atoms with Crippen LogP contribution in [0.2, 0.25) is 0 Å². The van der Waals surface area contributed by atoms with Gasteiger partial charge in [-0.15, -0.1) is 0 Å². The first kappa shape index (κ1) is 10.1. The van der Waals surface area contributed by atoms with E-state index < -0.39 is 0 Å². The van der Waals surface area contributed by atoms with E-state index in [9.17, 15) is 4.79 Å². The molecule has 86 valence electrons. The summed E-state index contributed by atoms with van der Waals surface area (Å²) in [5.41, 5.74) is 3.44. The number of hydrogen-bond acceptors (Lipinski definition) is 2. The minimum atomic E-state index is 0.321. The summed E-state index contributed by atoms with van der Waals surface area (Å²) < 4.78 is 7.79. The predicted molar refractivity (Wildman–Crippen MR) is 60.9 cm³/mol. The van der Waals surface area contributed by atoms with Crippen molar-refractivity contribution in [1.82, 2.24) is 4.57 Å². The minimum Gasteiger partial charge on any atom is -0.379 e. The number of aromatic nitrogens is 1. The van der Waals surface area contributed by atoms with Crippen LogP contribution < -0.4 is 0 Å². The van der Waals surface area contributed by atoms with Gasteiger partial charge in [0.2, 0.25) is 0 Å². The van der Waals surface area contributed by atoms with Crippen molar-refractivity contribution in [2.24, 2.45) is 0 Å². The normalized spacial score (nSPS) is 24.8. The summed E-state index contributed by atoms with van der Waals surface area (Å²) in [5, 5.41) is 0. The monoisotopic (exact) mass is 219 g/mol. The number of carbonyl (C=O) groups excluding carboxylic acids is 1. The molecule has 3 nitrogen and oxygen atoms in total. The molecule has 1 aliphatic carbocycles. The second-order valence-corrected chi connectivity index (χ2v) is 4.81. The van der Waals surface area contributed by atoms with Crippen molar-refractivity contribution in [3.8, 4) is 0 Å². The molecule has 0 aromatic carbocycles. The molecule has 16 heavy (non-hydrogen) atoms. The van der Waals surface area contributed by atoms with Crippen LogP contribution in [-0.4, -0.2) is 23.6 Å². The first-order valence-corrected chi connectivity index (χ1v) is 6.09. The molecule has 1 aromatic heterocycles. The van der Waals surface area contributed by atoms with Gasteiger partial charge in [0, 0.05) is 30.0 Å². The molecule has 0 N–H and O–H groups in total. The summed E-state index contributed by atoms with van der Waals surface area (Å²) in [6.45, 7) is 3.76. The third-order valence-electron chi connectivity index (χ3n) is 3.72. The van der Waals surface area contributed by atoms with Crippen LogP contribution in [0, 0.1) is 6.92 Å². The van der Waals surface area contributed by atoms with Gasteiger partial charge in [-0.3, -0.25) is 4.79 Å². The molecule has 2 aliphatic rings. The number of nitrogens with zero attached hydrogens (tertiary/aromatic N) is 1. The molecule has 0 bridgehead atoms. The molecule has 0 amide bonds. The topological polar surface area (TPSA) is 31.2 Å². The van der Waals surface area contributed by atoms with Gasteiger partial charge in [0.05, 0.1) is 12.6 Å². The van der Waals surface area contributed by atoms with E-state index >= 15 is 0 Å². The van der Waals surface area contributed by atoms with Crippen LogP contribution in [0.3, 0.4) is 0 Å². The zero-order chi connectivity index (χ0) is 11.1. The van der Waals surface area contributed by atoms with Crippen LogP contribution in [0.1, 0.15) is 47.1 Å². The predicted octanol–water partition coefficient (Wildman–Crippen LogP) is 2.28. The highest BCUT2D eigenvalue weighted by Crippen LogP contribution is 2.30. The van der Waals surface area contributed by atoms with Crippen molar-refractivity contribution in [2.45, 2.75) is 38.6 Å². The Kier molecular flexibility index (Phi) is 2.36. The Labute approximate surface area is 95.4 Å². The fraction of sp³-hybridized carbons (Fsp3) is 0.615. The number of fused-ring (bicyclic) bond motifs is 1. The van der Waals surface area contributed by atoms with Gasteiger partial charge >= 0.3 is 0 Å². The van der Waals surface area contributed by atoms with Crippen LogP contribution in [0.4, 0.5) is 0 Å². The van der Waals surface area contributed by atoms with E-state index in [0.29, 0.717) is 11.8 Å². The fourth-order valence-electron chi connectivity index (χ4n) is 2.99. The van der Waals surface area contributed by atoms with Crippen LogP contribution >= 0.6 is 0 Å². The summed E-state index contributed by atoms with van der Waals surface area (Å²) >= 11 is 0. The van der Waals surface area contributed by atoms with Crippen LogP contribution in [0.5, 0.6) is 0 Å². The highest BCUT2D eigenvalue weighted by molar-refractivity contribution is 5.98. The Balaban J connectivity index is 2.07. The maximum absolute atomic E-state index is 11.8. The smallest absolute Gasteiger partial charge is 0.164 e. The molecule has 1 unspecified atom stereocenters. The molecule has 1 aromatic rings. The molecular weight excluding hydrogens is 202 g/mol. The van der Waals surface area contributed by atoms with Gasteiger partial charge in [-0.05, 0) is 32.3 Å². The molecule has 3 rings (SSSR count). The van der Waals surface area contributed by atoms with Crippen molar-refractivity contribution in [3.05, 3.63) is 23.0 Å². The molecule has 1 fully saturated rings. The van der Waals surface area contributed by atoms with Gasteiger partial charge in [0.15, 0.2) is 5.78 Å². The fourth-order valence-corrected chi connectivity index (χ4v) is 2.99. The molecular formula is C13H17NO2. The standard InChI is InChI=1S/C13H17NO2/c1-9-7-11-12(3-2-4-13(11)15)14(9)10-5-6-16-8-10/h7,10H,2-6,8H2,1H3. The van der Waals surface area contributed by atoms with Gasteiger partial charge < -0.3 is 9.30 Å². The lowest BCUT2D eigenvalue weighted by molar-refractivity contribution is 0.0971. The maximum atomic E-state index is 11.8. The van der Waals surface area contributed by atoms with Gasteiger partial charge in [-0.1, -0.05) is 0 Å². The van der Waals surface area contributed by atoms with Gasteiger partial charge in [-0.25, -0.2) is 0 Å². The van der Waals surface area contributed by atoms with E-state index in [4.69, 9.17) is 4.74 Å². The average molecular weight is 219 g/mol. The Hall–Kier alpha value is -1.09. The van der Waals surface area contributed by atoms with Crippen LogP contribution in [0.15, 0.2) is 6.07 Å². The van der Waals surface area contributed by atoms with Crippen molar-refractivity contribution < 1.29 is 9.53 Å². The molecule has 3 heteroatoms. The first-order valence-electron chi connectivity index (χ1n) is 6.09. The Morgan fingerprint density at radius 3 is 3.06 bits per heavy atom. The van der Waals surface area contributed by atoms with Crippen LogP contribution in [-0.2, 0) is 11.2 Å². The zero-order valence-corrected chi connectivity index (χ0v) is 9.66. The molecule has 0 saturated carbocycles. The quantitative estimate of drug-likeness (QED) is 0.725. The lowest BCUT2D eigenvalue weighted by atomic mass is 9.96. The van der Waals surface area contributed by atoms with Crippen molar-refractivity contribution in [3.63, 3.8) is 0 Å². The number of ketones is 1. The van der Waals surface area contributed by atoms with Crippen molar-refractivity contribution in [1.29, 1.82) is 0 Å². The van der Waals surface area contributed by atoms with Crippen molar-refractivity contribution in [2.75, 3.05) is 13.2 Å². The van der Waals surface area contributed by atoms with E-state index in [0.717, 1.165) is 44.5 Å². The SMILES string of the molecule is Cc1cc2c(n1C1CCOC1)CCCC2=O. The van der Waals surface area contributed by atoms with E-state index in [1.54, 1.807) is 0 Å². The summed E-state index contributed by atoms with van der Waals surface area (Å²) in [5.74, 6) is 0.321. The third-order valence-corrected chi connectivity index (χ3v) is 3.72. The Bertz CT molecular complexity index is 427. The number of Topliss-reactive ketones (excluding diaryl/α,β-unsaturated/α-hetero) is 1. The van der Waals surface area contributed by atoms with Crippen molar-refractivity contribution >= 4 is 5.78 Å². The number of ether oxygens (including phenoxy) is 1. The number of carbonyl (C=O) groups is 1.